The number of carbonyl (C=O) groups excluding carboxylic acids is 2. The lowest BCUT2D eigenvalue weighted by Gasteiger charge is -2.32. The molecule has 1 fully saturated rings. The van der Waals surface area contributed by atoms with Gasteiger partial charge in [0.25, 0.3) is 0 Å². The highest BCUT2D eigenvalue weighted by Gasteiger charge is 2.36. The number of benzene rings is 2. The Kier molecular flexibility index (Phi) is 5.90. The largest absolute Gasteiger partial charge is 0.381 e. The van der Waals surface area contributed by atoms with Crippen LogP contribution in [0.15, 0.2) is 42.5 Å². The number of ketones is 1. The van der Waals surface area contributed by atoms with E-state index < -0.39 is 11.5 Å². The van der Waals surface area contributed by atoms with E-state index in [-0.39, 0.29) is 18.1 Å². The first-order chi connectivity index (χ1) is 14.9. The summed E-state index contributed by atoms with van der Waals surface area (Å²) in [5.41, 5.74) is 10.5. The molecule has 0 aromatic heterocycles. The van der Waals surface area contributed by atoms with Crippen molar-refractivity contribution < 1.29 is 14.3 Å². The number of fused-ring (bicyclic) bond motifs is 1. The molecular weight excluding hydrogens is 390 g/mol. The molecule has 2 aliphatic rings. The molecule has 31 heavy (non-hydrogen) atoms. The van der Waals surface area contributed by atoms with E-state index in [4.69, 9.17) is 10.5 Å². The number of likely N-dealkylation sites (N-methyl/N-ethyl adjacent to an activating group) is 1. The number of hydrogen-bond donors (Lipinski definition) is 1. The topological polar surface area (TPSA) is 96.4 Å². The Labute approximate surface area is 182 Å². The maximum Gasteiger partial charge on any atom is 0.231 e. The molecule has 0 aliphatic carbocycles. The van der Waals surface area contributed by atoms with Gasteiger partial charge in [-0.1, -0.05) is 36.4 Å². The lowest BCUT2D eigenvalue weighted by molar-refractivity contribution is -0.128. The van der Waals surface area contributed by atoms with Crippen LogP contribution in [0.25, 0.3) is 11.1 Å². The first-order valence-corrected chi connectivity index (χ1v) is 10.7. The molecule has 0 bridgehead atoms. The molecule has 0 spiro atoms. The van der Waals surface area contributed by atoms with Crippen molar-refractivity contribution in [3.63, 3.8) is 0 Å². The quantitative estimate of drug-likeness (QED) is 0.779. The average Bonchev–Trinajstić information content (AvgIpc) is 3.07. The maximum absolute atomic E-state index is 12.7. The molecule has 4 rings (SSSR count). The Balaban J connectivity index is 1.43. The molecule has 2 aromatic carbocycles. The lowest BCUT2D eigenvalue weighted by Crippen LogP contribution is -2.52. The zero-order chi connectivity index (χ0) is 22.0. The van der Waals surface area contributed by atoms with E-state index in [1.807, 2.05) is 42.5 Å². The zero-order valence-electron chi connectivity index (χ0n) is 17.8. The summed E-state index contributed by atoms with van der Waals surface area (Å²) in [5.74, 6) is -0.336. The number of nitriles is 1. The average molecular weight is 418 g/mol. The number of amides is 1. The Hall–Kier alpha value is -3.01. The number of ether oxygens (including phenoxy) is 1. The summed E-state index contributed by atoms with van der Waals surface area (Å²) in [6.45, 7) is 0.987. The number of hydrogen-bond acceptors (Lipinski definition) is 5. The molecule has 6 heteroatoms. The van der Waals surface area contributed by atoms with Crippen molar-refractivity contribution in [3.8, 4) is 17.2 Å². The minimum absolute atomic E-state index is 0.0456. The summed E-state index contributed by atoms with van der Waals surface area (Å²) in [4.78, 5) is 26.3. The van der Waals surface area contributed by atoms with Gasteiger partial charge in [-0.15, -0.1) is 0 Å². The third kappa shape index (κ3) is 4.39. The van der Waals surface area contributed by atoms with Crippen molar-refractivity contribution >= 4 is 17.4 Å². The predicted molar refractivity (Wildman–Crippen MR) is 118 cm³/mol. The van der Waals surface area contributed by atoms with Crippen LogP contribution >= 0.6 is 0 Å². The van der Waals surface area contributed by atoms with Gasteiger partial charge in [0.2, 0.25) is 5.91 Å². The summed E-state index contributed by atoms with van der Waals surface area (Å²) in [5, 5.41) is 9.59. The fraction of sp³-hybridized carbons (Fsp3) is 0.400. The second-order valence-electron chi connectivity index (χ2n) is 8.60. The fourth-order valence-electron chi connectivity index (χ4n) is 4.34. The summed E-state index contributed by atoms with van der Waals surface area (Å²) < 4.78 is 5.31. The fourth-order valence-corrected chi connectivity index (χ4v) is 4.34. The van der Waals surface area contributed by atoms with E-state index in [1.54, 1.807) is 11.9 Å². The third-order valence-electron chi connectivity index (χ3n) is 6.49. The molecular formula is C25H27N3O3. The van der Waals surface area contributed by atoms with Crippen molar-refractivity contribution in [1.82, 2.24) is 0 Å². The van der Waals surface area contributed by atoms with Gasteiger partial charge in [0.15, 0.2) is 5.78 Å². The van der Waals surface area contributed by atoms with E-state index in [2.05, 4.69) is 6.07 Å². The van der Waals surface area contributed by atoms with Gasteiger partial charge in [0.05, 0.1) is 23.9 Å². The van der Waals surface area contributed by atoms with E-state index in [0.29, 0.717) is 38.9 Å². The van der Waals surface area contributed by atoms with Gasteiger partial charge >= 0.3 is 0 Å². The van der Waals surface area contributed by atoms with E-state index in [1.165, 1.54) is 0 Å². The normalized spacial score (nSPS) is 18.4. The zero-order valence-corrected chi connectivity index (χ0v) is 17.8. The number of nitrogens with two attached hydrogens (primary N) is 1. The number of nitrogens with zero attached hydrogens (tertiary/aromatic N) is 2. The second kappa shape index (κ2) is 8.62. The van der Waals surface area contributed by atoms with Crippen LogP contribution in [0.5, 0.6) is 0 Å². The Morgan fingerprint density at radius 3 is 2.55 bits per heavy atom. The minimum Gasteiger partial charge on any atom is -0.381 e. The van der Waals surface area contributed by atoms with Crippen LogP contribution in [0.2, 0.25) is 0 Å². The number of Topliss-reactive ketones (excluding diaryl/α,β-unsaturated/α-hetero) is 1. The van der Waals surface area contributed by atoms with Crippen LogP contribution in [0, 0.1) is 17.2 Å². The Morgan fingerprint density at radius 2 is 1.87 bits per heavy atom. The molecule has 2 heterocycles. The molecule has 0 radical (unpaired) electrons. The molecule has 2 aromatic rings. The first kappa shape index (κ1) is 21.2. The third-order valence-corrected chi connectivity index (χ3v) is 6.49. The SMILES string of the molecule is CN1C(=O)Cc2ccc(-c3ccc(C[C@@H](C#N)CC(=O)C4(N)CCOCC4)cc3)cc21. The molecule has 0 unspecified atom stereocenters. The predicted octanol–water partition coefficient (Wildman–Crippen LogP) is 3.02. The summed E-state index contributed by atoms with van der Waals surface area (Å²) in [6.07, 6.45) is 2.16. The Bertz CT molecular complexity index is 1030. The summed E-state index contributed by atoms with van der Waals surface area (Å²) >= 11 is 0. The smallest absolute Gasteiger partial charge is 0.231 e. The molecule has 1 saturated heterocycles. The van der Waals surface area contributed by atoms with Gasteiger partial charge in [-0.25, -0.2) is 0 Å². The van der Waals surface area contributed by atoms with Crippen LogP contribution in [-0.2, 0) is 27.2 Å². The molecule has 1 atom stereocenters. The highest BCUT2D eigenvalue weighted by atomic mass is 16.5. The molecule has 160 valence electrons. The van der Waals surface area contributed by atoms with Gasteiger partial charge in [0.1, 0.15) is 0 Å². The van der Waals surface area contributed by atoms with Crippen LogP contribution in [-0.4, -0.2) is 37.5 Å². The highest BCUT2D eigenvalue weighted by molar-refractivity contribution is 6.01. The maximum atomic E-state index is 12.7. The monoisotopic (exact) mass is 417 g/mol. The van der Waals surface area contributed by atoms with Crippen LogP contribution in [0.4, 0.5) is 5.69 Å². The minimum atomic E-state index is -0.862. The standard InChI is InChI=1S/C25H27N3O3/c1-28-22-14-20(6-7-21(22)15-24(28)30)19-4-2-17(3-5-19)12-18(16-26)13-23(29)25(27)8-10-31-11-9-25/h2-7,14,18H,8-13,15,27H2,1H3/t18-/m1/s1. The van der Waals surface area contributed by atoms with Gasteiger partial charge in [-0.05, 0) is 47.6 Å². The molecule has 6 nitrogen and oxygen atoms in total. The van der Waals surface area contributed by atoms with E-state index in [9.17, 15) is 14.9 Å². The number of anilines is 1. The van der Waals surface area contributed by atoms with Crippen molar-refractivity contribution in [2.75, 3.05) is 25.2 Å². The molecule has 0 saturated carbocycles. The summed E-state index contributed by atoms with van der Waals surface area (Å²) in [6, 6.07) is 16.4. The summed E-state index contributed by atoms with van der Waals surface area (Å²) in [7, 11) is 1.80. The Morgan fingerprint density at radius 1 is 1.19 bits per heavy atom. The van der Waals surface area contributed by atoms with Gasteiger partial charge < -0.3 is 15.4 Å². The van der Waals surface area contributed by atoms with Crippen molar-refractivity contribution in [3.05, 3.63) is 53.6 Å². The highest BCUT2D eigenvalue weighted by Crippen LogP contribution is 2.33. The van der Waals surface area contributed by atoms with Crippen LogP contribution in [0.1, 0.15) is 30.4 Å². The van der Waals surface area contributed by atoms with Crippen molar-refractivity contribution in [1.29, 1.82) is 5.26 Å². The van der Waals surface area contributed by atoms with E-state index >= 15 is 0 Å². The van der Waals surface area contributed by atoms with E-state index in [0.717, 1.165) is 27.9 Å². The number of carbonyl (C=O) groups is 2. The van der Waals surface area contributed by atoms with Crippen molar-refractivity contribution in [2.24, 2.45) is 11.7 Å². The molecule has 2 aliphatic heterocycles. The van der Waals surface area contributed by atoms with Crippen LogP contribution in [0.3, 0.4) is 0 Å². The van der Waals surface area contributed by atoms with Gasteiger partial charge in [-0.2, -0.15) is 5.26 Å². The lowest BCUT2D eigenvalue weighted by atomic mass is 9.81. The molecule has 2 N–H and O–H groups in total. The van der Waals surface area contributed by atoms with Crippen LogP contribution < -0.4 is 10.6 Å². The van der Waals surface area contributed by atoms with Crippen molar-refractivity contribution in [2.45, 2.75) is 37.6 Å². The molecule has 1 amide bonds. The van der Waals surface area contributed by atoms with Gasteiger partial charge in [-0.3, -0.25) is 9.59 Å². The van der Waals surface area contributed by atoms with Gasteiger partial charge in [0, 0.05) is 32.4 Å². The number of rotatable bonds is 6. The first-order valence-electron chi connectivity index (χ1n) is 10.7. The second-order valence-corrected chi connectivity index (χ2v) is 8.60.